The predicted octanol–water partition coefficient (Wildman–Crippen LogP) is 1.31. The Morgan fingerprint density at radius 2 is 2.08 bits per heavy atom. The quantitative estimate of drug-likeness (QED) is 0.624. The lowest BCUT2D eigenvalue weighted by Gasteiger charge is -2.25. The first-order valence-electron chi connectivity index (χ1n) is 8.66. The highest BCUT2D eigenvalue weighted by atomic mass is 19.1. The Morgan fingerprint density at radius 1 is 1.28 bits per heavy atom. The molecule has 1 atom stereocenters. The molecule has 2 heterocycles. The van der Waals surface area contributed by atoms with E-state index in [1.54, 1.807) is 24.6 Å². The number of alkyl halides is 1. The zero-order valence-corrected chi connectivity index (χ0v) is 14.3. The third-order valence-electron chi connectivity index (χ3n) is 4.55. The molecule has 0 spiro atoms. The maximum absolute atomic E-state index is 13.7. The van der Waals surface area contributed by atoms with Gasteiger partial charge in [-0.25, -0.2) is 4.39 Å². The molecule has 5 heteroatoms. The van der Waals surface area contributed by atoms with Crippen molar-refractivity contribution in [3.63, 3.8) is 0 Å². The van der Waals surface area contributed by atoms with Crippen LogP contribution in [0.1, 0.15) is 18.4 Å². The van der Waals surface area contributed by atoms with Crippen LogP contribution in [0.25, 0.3) is 17.8 Å². The summed E-state index contributed by atoms with van der Waals surface area (Å²) >= 11 is 0. The molecule has 2 aliphatic heterocycles. The van der Waals surface area contributed by atoms with Crippen molar-refractivity contribution in [2.24, 2.45) is 5.73 Å². The van der Waals surface area contributed by atoms with Crippen molar-refractivity contribution < 1.29 is 4.39 Å². The largest absolute Gasteiger partial charge is 0.404 e. The Hall–Kier alpha value is -2.53. The van der Waals surface area contributed by atoms with Crippen molar-refractivity contribution in [3.05, 3.63) is 59.1 Å². The van der Waals surface area contributed by atoms with Gasteiger partial charge in [-0.3, -0.25) is 0 Å². The summed E-state index contributed by atoms with van der Waals surface area (Å²) in [6.45, 7) is 5.81. The molecule has 1 aromatic rings. The van der Waals surface area contributed by atoms with E-state index >= 15 is 0 Å². The number of rotatable bonds is 4. The van der Waals surface area contributed by atoms with Crippen LogP contribution >= 0.6 is 0 Å². The van der Waals surface area contributed by atoms with Crippen molar-refractivity contribution in [2.75, 3.05) is 18.4 Å². The number of nitrogens with one attached hydrogen (secondary N) is 3. The number of piperidine rings is 1. The van der Waals surface area contributed by atoms with Crippen molar-refractivity contribution in [1.82, 2.24) is 10.6 Å². The van der Waals surface area contributed by atoms with Gasteiger partial charge in [-0.1, -0.05) is 18.7 Å². The van der Waals surface area contributed by atoms with Crippen molar-refractivity contribution in [2.45, 2.75) is 25.2 Å². The van der Waals surface area contributed by atoms with E-state index in [0.29, 0.717) is 6.04 Å². The van der Waals surface area contributed by atoms with E-state index in [1.807, 2.05) is 18.2 Å². The highest BCUT2D eigenvalue weighted by Crippen LogP contribution is 2.20. The summed E-state index contributed by atoms with van der Waals surface area (Å²) in [7, 11) is 0. The first-order valence-corrected chi connectivity index (χ1v) is 8.66. The second-order valence-corrected chi connectivity index (χ2v) is 6.29. The topological polar surface area (TPSA) is 62.1 Å². The number of hydrogen-bond donors (Lipinski definition) is 4. The molecule has 132 valence electrons. The van der Waals surface area contributed by atoms with Gasteiger partial charge in [0.05, 0.1) is 0 Å². The molecule has 5 N–H and O–H groups in total. The summed E-state index contributed by atoms with van der Waals surface area (Å²) < 4.78 is 13.7. The van der Waals surface area contributed by atoms with Crippen LogP contribution in [0, 0.1) is 0 Å². The third-order valence-corrected chi connectivity index (χ3v) is 4.55. The van der Waals surface area contributed by atoms with Gasteiger partial charge in [-0.05, 0) is 72.8 Å². The van der Waals surface area contributed by atoms with Crippen LogP contribution in [0.15, 0.2) is 43.1 Å². The molecule has 2 aliphatic rings. The Labute approximate surface area is 147 Å². The maximum atomic E-state index is 13.7. The molecule has 3 rings (SSSR count). The fourth-order valence-corrected chi connectivity index (χ4v) is 3.28. The average Bonchev–Trinajstić information content (AvgIpc) is 2.63. The normalized spacial score (nSPS) is 22.4. The average molecular weight is 340 g/mol. The molecule has 1 aromatic carbocycles. The fraction of sp³-hybridized carbons (Fsp3) is 0.300. The fourth-order valence-electron chi connectivity index (χ4n) is 3.28. The predicted molar refractivity (Wildman–Crippen MR) is 104 cm³/mol. The van der Waals surface area contributed by atoms with Gasteiger partial charge in [-0.15, -0.1) is 0 Å². The van der Waals surface area contributed by atoms with Crippen molar-refractivity contribution in [1.29, 1.82) is 0 Å². The van der Waals surface area contributed by atoms with Gasteiger partial charge in [0, 0.05) is 23.1 Å². The lowest BCUT2D eigenvalue weighted by Crippen LogP contribution is -2.38. The zero-order chi connectivity index (χ0) is 17.6. The maximum Gasteiger partial charge on any atom is 0.189 e. The van der Waals surface area contributed by atoms with Crippen LogP contribution in [-0.2, 0) is 0 Å². The number of hydrogen-bond acceptors (Lipinski definition) is 4. The van der Waals surface area contributed by atoms with E-state index < -0.39 is 6.30 Å². The molecule has 0 aromatic heterocycles. The Kier molecular flexibility index (Phi) is 5.56. The van der Waals surface area contributed by atoms with Gasteiger partial charge in [0.2, 0.25) is 0 Å². The van der Waals surface area contributed by atoms with E-state index in [9.17, 15) is 4.39 Å². The summed E-state index contributed by atoms with van der Waals surface area (Å²) in [6, 6.07) is 4.47. The molecule has 0 aliphatic carbocycles. The zero-order valence-electron chi connectivity index (χ0n) is 14.3. The minimum absolute atomic E-state index is 0.401. The Morgan fingerprint density at radius 3 is 2.76 bits per heavy atom. The highest BCUT2D eigenvalue weighted by Gasteiger charge is 2.15. The first kappa shape index (κ1) is 17.3. The van der Waals surface area contributed by atoms with Gasteiger partial charge in [0.15, 0.2) is 6.30 Å². The number of benzene rings is 1. The van der Waals surface area contributed by atoms with Gasteiger partial charge >= 0.3 is 0 Å². The summed E-state index contributed by atoms with van der Waals surface area (Å²) in [6.07, 6.45) is 11.3. The molecule has 1 fully saturated rings. The Balaban J connectivity index is 2.07. The number of allylic oxidation sites excluding steroid dienone is 3. The minimum Gasteiger partial charge on any atom is -0.404 e. The molecule has 0 amide bonds. The van der Waals surface area contributed by atoms with Gasteiger partial charge in [-0.2, -0.15) is 0 Å². The van der Waals surface area contributed by atoms with Crippen LogP contribution in [-0.4, -0.2) is 25.4 Å². The molecule has 25 heavy (non-hydrogen) atoms. The molecule has 1 saturated heterocycles. The summed E-state index contributed by atoms with van der Waals surface area (Å²) in [5, 5.41) is 11.5. The standard InChI is InChI=1S/C20H25FN4/c1-2-3-15-10-16(14-4-9-24-20(21)12-14)11-19(18(15)13-22)25-17-5-7-23-8-6-17/h2-4,9-13,17,20,23-25H,1,5-8,22H2/b15-3-,18-13+. The van der Waals surface area contributed by atoms with Crippen LogP contribution in [0.5, 0.6) is 0 Å². The summed E-state index contributed by atoms with van der Waals surface area (Å²) in [4.78, 5) is 0. The van der Waals surface area contributed by atoms with Gasteiger partial charge in [0.1, 0.15) is 0 Å². The van der Waals surface area contributed by atoms with E-state index in [2.05, 4.69) is 28.6 Å². The minimum atomic E-state index is -1.17. The molecular weight excluding hydrogens is 315 g/mol. The van der Waals surface area contributed by atoms with E-state index in [0.717, 1.165) is 53.2 Å². The monoisotopic (exact) mass is 340 g/mol. The number of nitrogens with two attached hydrogens (primary N) is 1. The summed E-state index contributed by atoms with van der Waals surface area (Å²) in [5.74, 6) is 0. The van der Waals surface area contributed by atoms with Gasteiger partial charge < -0.3 is 21.7 Å². The molecule has 1 unspecified atom stereocenters. The first-order chi connectivity index (χ1) is 12.2. The Bertz CT molecular complexity index is 804. The number of dihydropyridines is 1. The second-order valence-electron chi connectivity index (χ2n) is 6.29. The molecular formula is C20H25FN4. The van der Waals surface area contributed by atoms with Crippen LogP contribution in [0.3, 0.4) is 0 Å². The lowest BCUT2D eigenvalue weighted by molar-refractivity contribution is 0.366. The van der Waals surface area contributed by atoms with Gasteiger partial charge in [0.25, 0.3) is 0 Å². The van der Waals surface area contributed by atoms with Crippen LogP contribution in [0.2, 0.25) is 0 Å². The van der Waals surface area contributed by atoms with Crippen molar-refractivity contribution >= 4 is 23.5 Å². The van der Waals surface area contributed by atoms with E-state index in [1.165, 1.54) is 0 Å². The van der Waals surface area contributed by atoms with E-state index in [-0.39, 0.29) is 0 Å². The highest BCUT2D eigenvalue weighted by molar-refractivity contribution is 5.77. The van der Waals surface area contributed by atoms with E-state index in [4.69, 9.17) is 5.73 Å². The van der Waals surface area contributed by atoms with Crippen molar-refractivity contribution in [3.8, 4) is 0 Å². The molecule has 0 radical (unpaired) electrons. The number of halogens is 1. The molecule has 4 nitrogen and oxygen atoms in total. The van der Waals surface area contributed by atoms with Crippen LogP contribution < -0.4 is 32.1 Å². The smallest absolute Gasteiger partial charge is 0.189 e. The molecule has 0 bridgehead atoms. The SMILES string of the molecule is C=C/C=c1/cc(C2=CC(F)NC=C2)cc(NC2CCNCC2)/c1=C/N. The lowest BCUT2D eigenvalue weighted by atomic mass is 9.99. The second kappa shape index (κ2) is 8.03. The molecule has 0 saturated carbocycles. The van der Waals surface area contributed by atoms with Crippen LogP contribution in [0.4, 0.5) is 10.1 Å². The summed E-state index contributed by atoms with van der Waals surface area (Å²) in [5.41, 5.74) is 8.69. The third kappa shape index (κ3) is 4.12. The number of anilines is 1.